The second-order valence-electron chi connectivity index (χ2n) is 9.94. The number of hydrogen-bond acceptors (Lipinski definition) is 9. The molecule has 1 amide bonds. The van der Waals surface area contributed by atoms with E-state index >= 15 is 0 Å². The number of H-pyrrole nitrogens is 1. The zero-order valence-electron chi connectivity index (χ0n) is 22.8. The molecule has 13 heteroatoms. The molecule has 4 aromatic heterocycles. The lowest BCUT2D eigenvalue weighted by Gasteiger charge is -2.35. The van der Waals surface area contributed by atoms with Crippen molar-refractivity contribution in [3.63, 3.8) is 0 Å². The maximum Gasteiger partial charge on any atom is 0.324 e. The van der Waals surface area contributed by atoms with Gasteiger partial charge in [0, 0.05) is 44.6 Å². The van der Waals surface area contributed by atoms with Crippen LogP contribution < -0.4 is 14.4 Å². The van der Waals surface area contributed by atoms with Crippen molar-refractivity contribution in [2.75, 3.05) is 31.1 Å². The summed E-state index contributed by atoms with van der Waals surface area (Å²) in [6.07, 6.45) is 6.07. The van der Waals surface area contributed by atoms with E-state index in [1.807, 2.05) is 18.7 Å². The number of hydrogen-bond donors (Lipinski definition) is 1. The molecular formula is C29H26ClFN8O3. The number of benzene rings is 1. The molecule has 6 rings (SSSR count). The summed E-state index contributed by atoms with van der Waals surface area (Å²) in [5.41, 5.74) is 1.49. The Labute approximate surface area is 245 Å². The fraction of sp³-hybridized carbons (Fsp3) is 0.241. The van der Waals surface area contributed by atoms with E-state index in [2.05, 4.69) is 31.7 Å². The molecule has 1 aromatic carbocycles. The summed E-state index contributed by atoms with van der Waals surface area (Å²) >= 11 is 6.34. The zero-order valence-corrected chi connectivity index (χ0v) is 23.6. The Hall–Kier alpha value is -4.84. The van der Waals surface area contributed by atoms with E-state index in [1.165, 1.54) is 18.3 Å². The fourth-order valence-corrected chi connectivity index (χ4v) is 5.04. The average molecular weight is 589 g/mol. The van der Waals surface area contributed by atoms with E-state index < -0.39 is 5.82 Å². The number of piperazine rings is 1. The van der Waals surface area contributed by atoms with Crippen LogP contribution in [0.1, 0.15) is 25.5 Å². The molecule has 1 aliphatic rings. The first-order valence-electron chi connectivity index (χ1n) is 13.3. The van der Waals surface area contributed by atoms with Crippen molar-refractivity contribution < 1.29 is 18.7 Å². The number of carbonyl (C=O) groups is 1. The maximum atomic E-state index is 14.7. The Morgan fingerprint density at radius 3 is 2.69 bits per heavy atom. The van der Waals surface area contributed by atoms with Crippen LogP contribution in [-0.2, 0) is 4.79 Å². The van der Waals surface area contributed by atoms with Gasteiger partial charge in [0.2, 0.25) is 11.8 Å². The molecule has 5 aromatic rings. The molecule has 0 unspecified atom stereocenters. The van der Waals surface area contributed by atoms with Crippen molar-refractivity contribution in [3.8, 4) is 23.4 Å². The lowest BCUT2D eigenvalue weighted by Crippen LogP contribution is -2.48. The number of rotatable bonds is 7. The zero-order chi connectivity index (χ0) is 29.4. The van der Waals surface area contributed by atoms with Crippen LogP contribution in [0.25, 0.3) is 21.8 Å². The molecule has 11 nitrogen and oxygen atoms in total. The molecule has 0 atom stereocenters. The van der Waals surface area contributed by atoms with Gasteiger partial charge in [-0.25, -0.2) is 9.37 Å². The molecular weight excluding hydrogens is 563 g/mol. The summed E-state index contributed by atoms with van der Waals surface area (Å²) in [7, 11) is 0. The lowest BCUT2D eigenvalue weighted by atomic mass is 10.1. The highest BCUT2D eigenvalue weighted by atomic mass is 35.5. The van der Waals surface area contributed by atoms with Crippen molar-refractivity contribution in [3.05, 3.63) is 72.0 Å². The third kappa shape index (κ3) is 5.05. The number of anilines is 1. The van der Waals surface area contributed by atoms with E-state index in [1.54, 1.807) is 35.5 Å². The van der Waals surface area contributed by atoms with E-state index in [0.717, 1.165) is 5.69 Å². The van der Waals surface area contributed by atoms with Crippen molar-refractivity contribution in [1.82, 2.24) is 35.0 Å². The van der Waals surface area contributed by atoms with Gasteiger partial charge in [0.1, 0.15) is 22.2 Å². The van der Waals surface area contributed by atoms with Gasteiger partial charge in [0.05, 0.1) is 28.2 Å². The van der Waals surface area contributed by atoms with Crippen LogP contribution in [0.5, 0.6) is 23.4 Å². The third-order valence-electron chi connectivity index (χ3n) is 6.95. The SMILES string of the molecule is C=CC(=O)N1CCN(c2nc(Oc3cccnc3C(C)C)nc3c(Oc4c(Cl)c(F)cc5[nH]ncc45)nccc23)CC1. The van der Waals surface area contributed by atoms with Gasteiger partial charge in [-0.05, 0) is 30.2 Å². The molecule has 0 aliphatic carbocycles. The normalized spacial score (nSPS) is 13.6. The highest BCUT2D eigenvalue weighted by Crippen LogP contribution is 2.40. The molecule has 1 fully saturated rings. The lowest BCUT2D eigenvalue weighted by molar-refractivity contribution is -0.126. The van der Waals surface area contributed by atoms with Crippen LogP contribution in [0.4, 0.5) is 10.2 Å². The second-order valence-corrected chi connectivity index (χ2v) is 10.3. The number of pyridine rings is 2. The van der Waals surface area contributed by atoms with Gasteiger partial charge in [0.25, 0.3) is 0 Å². The molecule has 0 bridgehead atoms. The number of ether oxygens (including phenoxy) is 2. The number of fused-ring (bicyclic) bond motifs is 2. The number of nitrogens with zero attached hydrogens (tertiary/aromatic N) is 7. The topological polar surface area (TPSA) is 122 Å². The summed E-state index contributed by atoms with van der Waals surface area (Å²) in [6.45, 7) is 9.61. The summed E-state index contributed by atoms with van der Waals surface area (Å²) < 4.78 is 27.0. The number of aromatic amines is 1. The summed E-state index contributed by atoms with van der Waals surface area (Å²) in [4.78, 5) is 34.3. The second kappa shape index (κ2) is 11.2. The summed E-state index contributed by atoms with van der Waals surface area (Å²) in [6, 6.07) is 6.65. The van der Waals surface area contributed by atoms with Crippen LogP contribution in [-0.4, -0.2) is 67.1 Å². The standard InChI is InChI=1S/C29H26ClFN8O3/c1-4-22(40)38-10-12-39(13-11-38)27-17-7-9-33-28(42-26-18-15-34-37-20(18)14-19(31)23(26)30)25(17)35-29(36-27)41-21-6-5-8-32-24(21)16(2)3/h4-9,14-16H,1,10-13H2,2-3H3,(H,34,37). The number of halogens is 2. The summed E-state index contributed by atoms with van der Waals surface area (Å²) in [5, 5.41) is 7.61. The van der Waals surface area contributed by atoms with Crippen LogP contribution in [0.2, 0.25) is 5.02 Å². The largest absolute Gasteiger partial charge is 0.434 e. The predicted octanol–water partition coefficient (Wildman–Crippen LogP) is 5.63. The van der Waals surface area contributed by atoms with Gasteiger partial charge in [-0.15, -0.1) is 0 Å². The van der Waals surface area contributed by atoms with Gasteiger partial charge >= 0.3 is 6.01 Å². The van der Waals surface area contributed by atoms with E-state index in [4.69, 9.17) is 26.1 Å². The van der Waals surface area contributed by atoms with E-state index in [-0.39, 0.29) is 34.5 Å². The highest BCUT2D eigenvalue weighted by molar-refractivity contribution is 6.33. The number of nitrogens with one attached hydrogen (secondary N) is 1. The molecule has 1 N–H and O–H groups in total. The average Bonchev–Trinajstić information content (AvgIpc) is 3.47. The van der Waals surface area contributed by atoms with Gasteiger partial charge < -0.3 is 19.3 Å². The minimum Gasteiger partial charge on any atom is -0.434 e. The Morgan fingerprint density at radius 1 is 1.12 bits per heavy atom. The monoisotopic (exact) mass is 588 g/mol. The molecule has 42 heavy (non-hydrogen) atoms. The van der Waals surface area contributed by atoms with Crippen molar-refractivity contribution in [2.45, 2.75) is 19.8 Å². The van der Waals surface area contributed by atoms with Crippen LogP contribution in [0.15, 0.2) is 55.5 Å². The van der Waals surface area contributed by atoms with Gasteiger partial charge in [-0.1, -0.05) is 32.0 Å². The Morgan fingerprint density at radius 2 is 1.93 bits per heavy atom. The van der Waals surface area contributed by atoms with Crippen molar-refractivity contribution in [2.24, 2.45) is 0 Å². The summed E-state index contributed by atoms with van der Waals surface area (Å²) in [5.74, 6) is 0.500. The molecule has 5 heterocycles. The molecule has 214 valence electrons. The Bertz CT molecular complexity index is 1820. The first kappa shape index (κ1) is 27.3. The molecule has 1 aliphatic heterocycles. The first-order chi connectivity index (χ1) is 20.3. The quantitative estimate of drug-likeness (QED) is 0.241. The van der Waals surface area contributed by atoms with E-state index in [9.17, 15) is 9.18 Å². The smallest absolute Gasteiger partial charge is 0.324 e. The molecule has 0 saturated carbocycles. The Kier molecular flexibility index (Phi) is 7.29. The van der Waals surface area contributed by atoms with Gasteiger partial charge in [0.15, 0.2) is 11.5 Å². The third-order valence-corrected chi connectivity index (χ3v) is 7.30. The maximum absolute atomic E-state index is 14.7. The molecule has 0 spiro atoms. The van der Waals surface area contributed by atoms with Crippen molar-refractivity contribution in [1.29, 1.82) is 0 Å². The van der Waals surface area contributed by atoms with E-state index in [0.29, 0.717) is 59.6 Å². The van der Waals surface area contributed by atoms with Crippen LogP contribution >= 0.6 is 11.6 Å². The number of carbonyl (C=O) groups excluding carboxylic acids is 1. The Balaban J connectivity index is 1.47. The highest BCUT2D eigenvalue weighted by Gasteiger charge is 2.26. The number of amides is 1. The van der Waals surface area contributed by atoms with Crippen LogP contribution in [0.3, 0.4) is 0 Å². The molecule has 1 saturated heterocycles. The molecule has 0 radical (unpaired) electrons. The predicted molar refractivity (Wildman–Crippen MR) is 156 cm³/mol. The minimum absolute atomic E-state index is 0.0497. The van der Waals surface area contributed by atoms with Gasteiger partial charge in [-0.3, -0.25) is 14.9 Å². The fourth-order valence-electron chi connectivity index (χ4n) is 4.85. The first-order valence-corrected chi connectivity index (χ1v) is 13.7. The number of aromatic nitrogens is 6. The van der Waals surface area contributed by atoms with Crippen molar-refractivity contribution >= 4 is 45.1 Å². The van der Waals surface area contributed by atoms with Crippen LogP contribution in [0, 0.1) is 5.82 Å². The minimum atomic E-state index is -0.673. The van der Waals surface area contributed by atoms with Gasteiger partial charge in [-0.2, -0.15) is 15.1 Å².